The van der Waals surface area contributed by atoms with Gasteiger partial charge in [0.25, 0.3) is 0 Å². The molecule has 1 radical (unpaired) electrons. The molecule has 0 aliphatic carbocycles. The minimum absolute atomic E-state index is 0. The minimum atomic E-state index is 0. The van der Waals surface area contributed by atoms with E-state index in [0.717, 1.165) is 20.4 Å². The predicted octanol–water partition coefficient (Wildman–Crippen LogP) is 0.512. The van der Waals surface area contributed by atoms with E-state index in [0.29, 0.717) is 0 Å². The van der Waals surface area contributed by atoms with Crippen molar-refractivity contribution in [2.45, 2.75) is 7.43 Å². The average Bonchev–Trinajstić information content (AvgIpc) is 1.00. The molecule has 0 spiro atoms. The van der Waals surface area contributed by atoms with Gasteiger partial charge in [-0.25, -0.2) is 0 Å². The summed E-state index contributed by atoms with van der Waals surface area (Å²) in [4.78, 5) is 0. The molecular formula is CH4CoOTi. The molecule has 0 atom stereocenters. The summed E-state index contributed by atoms with van der Waals surface area (Å²) in [6.45, 7) is 0. The van der Waals surface area contributed by atoms with Crippen LogP contribution >= 0.6 is 0 Å². The third-order valence-corrected chi connectivity index (χ3v) is 0. The van der Waals surface area contributed by atoms with Crippen molar-refractivity contribution in [1.29, 1.82) is 0 Å². The van der Waals surface area contributed by atoms with E-state index in [4.69, 9.17) is 3.32 Å². The van der Waals surface area contributed by atoms with Crippen LogP contribution in [0.3, 0.4) is 0 Å². The van der Waals surface area contributed by atoms with E-state index < -0.39 is 0 Å². The van der Waals surface area contributed by atoms with Crippen LogP contribution in [0.2, 0.25) is 0 Å². The van der Waals surface area contributed by atoms with Crippen molar-refractivity contribution in [3.05, 3.63) is 0 Å². The van der Waals surface area contributed by atoms with Crippen LogP contribution < -0.4 is 0 Å². The van der Waals surface area contributed by atoms with E-state index in [1.54, 1.807) is 0 Å². The fourth-order valence-electron chi connectivity index (χ4n) is 0. The molecule has 0 aliphatic rings. The molecule has 0 aromatic heterocycles. The van der Waals surface area contributed by atoms with Crippen LogP contribution in [0.4, 0.5) is 0 Å². The van der Waals surface area contributed by atoms with Gasteiger partial charge in [-0.3, -0.25) is 0 Å². The van der Waals surface area contributed by atoms with Crippen LogP contribution in [-0.2, 0) is 40.5 Å². The van der Waals surface area contributed by atoms with Crippen LogP contribution in [0, 0.1) is 0 Å². The summed E-state index contributed by atoms with van der Waals surface area (Å²) in [6.07, 6.45) is 0. The quantitative estimate of drug-likeness (QED) is 0.446. The third kappa shape index (κ3) is 11.8. The third-order valence-electron chi connectivity index (χ3n) is 0. The molecule has 0 aromatic rings. The van der Waals surface area contributed by atoms with E-state index in [1.165, 1.54) is 0 Å². The normalized spacial score (nSPS) is 0.750. The first kappa shape index (κ1) is 19.9. The van der Waals surface area contributed by atoms with Gasteiger partial charge in [0.05, 0.1) is 0 Å². The summed E-state index contributed by atoms with van der Waals surface area (Å²) < 4.78 is 8.25. The van der Waals surface area contributed by atoms with Crippen molar-refractivity contribution >= 4 is 0 Å². The van der Waals surface area contributed by atoms with Gasteiger partial charge in [-0.2, -0.15) is 0 Å². The van der Waals surface area contributed by atoms with Gasteiger partial charge >= 0.3 is 23.7 Å². The molecule has 0 saturated heterocycles. The van der Waals surface area contributed by atoms with Crippen molar-refractivity contribution in [1.82, 2.24) is 0 Å². The Kier molecular flexibility index (Phi) is 175. The molecule has 0 aliphatic heterocycles. The Labute approximate surface area is 48.1 Å². The zero-order valence-corrected chi connectivity index (χ0v) is 3.84. The van der Waals surface area contributed by atoms with Crippen molar-refractivity contribution in [3.8, 4) is 0 Å². The first-order valence-electron chi connectivity index (χ1n) is 0.204. The molecule has 1 nitrogen and oxygen atoms in total. The monoisotopic (exact) mass is 139 g/mol. The van der Waals surface area contributed by atoms with Gasteiger partial charge in [0.2, 0.25) is 0 Å². The first-order valence-corrected chi connectivity index (χ1v) is 0.842. The Morgan fingerprint density at radius 1 is 1.25 bits per heavy atom. The van der Waals surface area contributed by atoms with Crippen LogP contribution in [0.5, 0.6) is 0 Å². The Balaban J connectivity index is -0.00000000500. The molecule has 0 heterocycles. The number of rotatable bonds is 0. The first-order chi connectivity index (χ1) is 1.00. The van der Waals surface area contributed by atoms with Crippen LogP contribution in [0.1, 0.15) is 7.43 Å². The molecule has 0 N–H and O–H groups in total. The average molecular weight is 139 g/mol. The maximum absolute atomic E-state index is 8.25. The molecular weight excluding hydrogens is 135 g/mol. The summed E-state index contributed by atoms with van der Waals surface area (Å²) >= 11 is 0.750. The Morgan fingerprint density at radius 2 is 1.25 bits per heavy atom. The fourth-order valence-corrected chi connectivity index (χ4v) is 0. The standard InChI is InChI=1S/CH4.Co.O.Ti/h1H4;;;. The van der Waals surface area contributed by atoms with Gasteiger partial charge in [-0.05, 0) is 0 Å². The second kappa shape index (κ2) is 35.2. The van der Waals surface area contributed by atoms with E-state index in [2.05, 4.69) is 0 Å². The van der Waals surface area contributed by atoms with Gasteiger partial charge in [0.15, 0.2) is 0 Å². The van der Waals surface area contributed by atoms with Gasteiger partial charge in [0.1, 0.15) is 0 Å². The Hall–Kier alpha value is 1.02. The molecule has 4 heavy (non-hydrogen) atoms. The molecule has 0 bridgehead atoms. The summed E-state index contributed by atoms with van der Waals surface area (Å²) in [5, 5.41) is 0. The van der Waals surface area contributed by atoms with E-state index in [1.807, 2.05) is 0 Å². The van der Waals surface area contributed by atoms with Gasteiger partial charge in [0, 0.05) is 16.8 Å². The van der Waals surface area contributed by atoms with Crippen LogP contribution in [-0.4, -0.2) is 0 Å². The van der Waals surface area contributed by atoms with Gasteiger partial charge in [-0.15, -0.1) is 0 Å². The molecule has 0 aromatic carbocycles. The molecule has 0 unspecified atom stereocenters. The topological polar surface area (TPSA) is 17.1 Å². The summed E-state index contributed by atoms with van der Waals surface area (Å²) in [7, 11) is 0. The SMILES string of the molecule is C.[Co].[O]=[Ti]. The molecule has 0 saturated carbocycles. The fraction of sp³-hybridized carbons (Fsp3) is 1.00. The molecule has 27 valence electrons. The van der Waals surface area contributed by atoms with E-state index in [-0.39, 0.29) is 24.2 Å². The van der Waals surface area contributed by atoms with Crippen molar-refractivity contribution in [3.63, 3.8) is 0 Å². The molecule has 0 amide bonds. The van der Waals surface area contributed by atoms with Crippen LogP contribution in [0.15, 0.2) is 0 Å². The Bertz CT molecular complexity index is 8.00. The summed E-state index contributed by atoms with van der Waals surface area (Å²) in [6, 6.07) is 0. The maximum atomic E-state index is 8.25. The van der Waals surface area contributed by atoms with E-state index >= 15 is 0 Å². The van der Waals surface area contributed by atoms with E-state index in [9.17, 15) is 0 Å². The molecule has 0 fully saturated rings. The summed E-state index contributed by atoms with van der Waals surface area (Å²) in [5.41, 5.74) is 0. The molecule has 3 heteroatoms. The van der Waals surface area contributed by atoms with Gasteiger partial charge < -0.3 is 0 Å². The van der Waals surface area contributed by atoms with Crippen molar-refractivity contribution in [2.75, 3.05) is 0 Å². The molecule has 0 rings (SSSR count). The second-order valence-corrected chi connectivity index (χ2v) is 0. The Morgan fingerprint density at radius 3 is 1.25 bits per heavy atom. The summed E-state index contributed by atoms with van der Waals surface area (Å²) in [5.74, 6) is 0. The van der Waals surface area contributed by atoms with Crippen LogP contribution in [0.25, 0.3) is 0 Å². The second-order valence-electron chi connectivity index (χ2n) is 0. The zero-order valence-electron chi connectivity index (χ0n) is 1.24. The van der Waals surface area contributed by atoms with Crippen molar-refractivity contribution in [2.24, 2.45) is 0 Å². The predicted molar refractivity (Wildman–Crippen MR) is 7.42 cm³/mol. The zero-order chi connectivity index (χ0) is 2.00. The van der Waals surface area contributed by atoms with Crippen molar-refractivity contribution < 1.29 is 40.5 Å². The number of hydrogen-bond acceptors (Lipinski definition) is 1. The van der Waals surface area contributed by atoms with Gasteiger partial charge in [-0.1, -0.05) is 7.43 Å². The number of hydrogen-bond donors (Lipinski definition) is 0.